The minimum Gasteiger partial charge on any atom is -0.445 e. The number of benzene rings is 3. The minimum atomic E-state index is -1.05. The number of carbonyl (C=O) groups is 9. The lowest BCUT2D eigenvalue weighted by molar-refractivity contribution is -0.123. The summed E-state index contributed by atoms with van der Waals surface area (Å²) < 4.78 is 32.3. The van der Waals surface area contributed by atoms with Crippen LogP contribution >= 0.6 is 34.8 Å². The van der Waals surface area contributed by atoms with Crippen molar-refractivity contribution in [3.63, 3.8) is 0 Å². The van der Waals surface area contributed by atoms with Gasteiger partial charge >= 0.3 is 36.6 Å². The summed E-state index contributed by atoms with van der Waals surface area (Å²) in [5.41, 5.74) is -0.684. The van der Waals surface area contributed by atoms with Crippen molar-refractivity contribution in [1.29, 1.82) is 0 Å². The van der Waals surface area contributed by atoms with Crippen LogP contribution in [-0.2, 0) is 62.6 Å². The molecule has 9 N–H and O–H groups in total. The summed E-state index contributed by atoms with van der Waals surface area (Å²) in [5, 5.41) is 26.0. The van der Waals surface area contributed by atoms with Gasteiger partial charge in [-0.05, 0) is 138 Å². The normalized spacial score (nSPS) is 12.4. The zero-order chi connectivity index (χ0) is 67.4. The first-order chi connectivity index (χ1) is 43.0. The van der Waals surface area contributed by atoms with Crippen LogP contribution < -0.4 is 47.9 Å². The first-order valence-electron chi connectivity index (χ1n) is 30.4. The van der Waals surface area contributed by atoms with Crippen LogP contribution in [0.4, 0.5) is 28.8 Å². The van der Waals surface area contributed by atoms with E-state index in [4.69, 9.17) is 63.2 Å². The molecule has 0 spiro atoms. The Bertz CT molecular complexity index is 2500. The molecule has 91 heavy (non-hydrogen) atoms. The molecular formula is C63H93Cl3N10O15. The molecule has 3 aromatic rings. The smallest absolute Gasteiger partial charge is 0.408 e. The quantitative estimate of drug-likeness (QED) is 0.0193. The van der Waals surface area contributed by atoms with Crippen molar-refractivity contribution in [1.82, 2.24) is 52.8 Å². The third-order valence-electron chi connectivity index (χ3n) is 12.7. The maximum absolute atomic E-state index is 13.9. The molecule has 0 fully saturated rings. The number of carbonyl (C=O) groups excluding carboxylic acids is 9. The molecule has 25 nitrogen and oxygen atoms in total. The highest BCUT2D eigenvalue weighted by atomic mass is 35.5. The van der Waals surface area contributed by atoms with Crippen molar-refractivity contribution in [2.45, 2.75) is 175 Å². The number of unbranched alkanes of at least 4 members (excludes halogenated alkanes) is 3. The number of amides is 9. The van der Waals surface area contributed by atoms with Crippen molar-refractivity contribution >= 4 is 89.1 Å². The summed E-state index contributed by atoms with van der Waals surface area (Å²) in [4.78, 5) is 120. The number of alkyl carbamates (subject to hydrolysis) is 6. The van der Waals surface area contributed by atoms with Crippen LogP contribution in [-0.4, -0.2) is 153 Å². The van der Waals surface area contributed by atoms with E-state index in [0.29, 0.717) is 70.3 Å². The van der Waals surface area contributed by atoms with Gasteiger partial charge in [-0.25, -0.2) is 28.8 Å². The molecule has 506 valence electrons. The predicted molar refractivity (Wildman–Crippen MR) is 345 cm³/mol. The Labute approximate surface area is 549 Å². The Morgan fingerprint density at radius 1 is 0.363 bits per heavy atom. The van der Waals surface area contributed by atoms with Gasteiger partial charge in [0.15, 0.2) is 0 Å². The number of nitrogens with zero attached hydrogens (tertiary/aromatic N) is 1. The lowest BCUT2D eigenvalue weighted by atomic mass is 10.1. The lowest BCUT2D eigenvalue weighted by Crippen LogP contribution is -2.52. The molecule has 0 saturated heterocycles. The highest BCUT2D eigenvalue weighted by Crippen LogP contribution is 2.19. The van der Waals surface area contributed by atoms with E-state index >= 15 is 0 Å². The Balaban J connectivity index is 1.72. The maximum Gasteiger partial charge on any atom is 0.408 e. The van der Waals surface area contributed by atoms with Gasteiger partial charge in [-0.1, -0.05) is 89.4 Å². The third-order valence-corrected chi connectivity index (χ3v) is 13.8. The summed E-state index contributed by atoms with van der Waals surface area (Å²) >= 11 is 18.5. The molecule has 0 aromatic heterocycles. The summed E-state index contributed by atoms with van der Waals surface area (Å²) in [6.45, 7) is 16.3. The highest BCUT2D eigenvalue weighted by Gasteiger charge is 2.28. The lowest BCUT2D eigenvalue weighted by Gasteiger charge is -2.26. The van der Waals surface area contributed by atoms with Gasteiger partial charge in [-0.15, -0.1) is 0 Å². The molecule has 28 heteroatoms. The molecule has 0 aliphatic rings. The zero-order valence-electron chi connectivity index (χ0n) is 53.7. The zero-order valence-corrected chi connectivity index (χ0v) is 56.0. The van der Waals surface area contributed by atoms with Gasteiger partial charge in [-0.2, -0.15) is 0 Å². The van der Waals surface area contributed by atoms with E-state index in [1.165, 1.54) is 0 Å². The van der Waals surface area contributed by atoms with Crippen LogP contribution in [0.5, 0.6) is 0 Å². The minimum absolute atomic E-state index is 0.0275. The largest absolute Gasteiger partial charge is 0.445 e. The van der Waals surface area contributed by atoms with Crippen molar-refractivity contribution in [3.8, 4) is 0 Å². The van der Waals surface area contributed by atoms with E-state index in [2.05, 4.69) is 47.9 Å². The van der Waals surface area contributed by atoms with Crippen molar-refractivity contribution < 1.29 is 71.6 Å². The van der Waals surface area contributed by atoms with Crippen molar-refractivity contribution in [3.05, 3.63) is 105 Å². The van der Waals surface area contributed by atoms with Gasteiger partial charge in [-0.3, -0.25) is 19.3 Å². The van der Waals surface area contributed by atoms with Crippen molar-refractivity contribution in [2.24, 2.45) is 0 Å². The number of hydrogen-bond acceptors (Lipinski definition) is 16. The van der Waals surface area contributed by atoms with E-state index < -0.39 is 89.2 Å². The van der Waals surface area contributed by atoms with Crippen LogP contribution in [0.25, 0.3) is 0 Å². The van der Waals surface area contributed by atoms with E-state index in [-0.39, 0.29) is 98.0 Å². The molecule has 9 amide bonds. The van der Waals surface area contributed by atoms with Gasteiger partial charge in [0.05, 0.1) is 0 Å². The molecule has 0 heterocycles. The van der Waals surface area contributed by atoms with Gasteiger partial charge in [0.1, 0.15) is 54.7 Å². The average molecular weight is 1340 g/mol. The van der Waals surface area contributed by atoms with E-state index in [1.54, 1.807) is 135 Å². The SMILES string of the molecule is CC(C)(C)OC(=O)N[C@@H](CCCCNC(=O)OCc1ccccc1Cl)C(=O)NCCN(CCNC(=O)[C@H](CCCCNC(=O)OCc1ccccc1Cl)NC(=O)OC(C)(C)C)CCNC(=O)[C@H](CCCCNC(=O)OCc1ccccc1Cl)NC(=O)OC(C)(C)C. The topological polar surface area (TPSA) is 321 Å². The van der Waals surface area contributed by atoms with Gasteiger partial charge in [0.2, 0.25) is 17.7 Å². The number of hydrogen-bond donors (Lipinski definition) is 9. The second-order valence-electron chi connectivity index (χ2n) is 24.1. The fourth-order valence-electron chi connectivity index (χ4n) is 8.29. The second-order valence-corrected chi connectivity index (χ2v) is 25.3. The molecule has 0 aliphatic heterocycles. The Kier molecular flexibility index (Phi) is 35.1. The summed E-state index contributed by atoms with van der Waals surface area (Å²) in [6.07, 6.45) is -1.45. The monoisotopic (exact) mass is 1330 g/mol. The molecule has 0 saturated carbocycles. The van der Waals surface area contributed by atoms with E-state index in [0.717, 1.165) is 0 Å². The Morgan fingerprint density at radius 2 is 0.615 bits per heavy atom. The predicted octanol–water partition coefficient (Wildman–Crippen LogP) is 9.57. The Morgan fingerprint density at radius 3 is 0.857 bits per heavy atom. The molecule has 0 aliphatic carbocycles. The van der Waals surface area contributed by atoms with Gasteiger partial charge in [0, 0.05) is 90.7 Å². The fraction of sp³-hybridized carbons (Fsp3) is 0.571. The molecule has 0 radical (unpaired) electrons. The van der Waals surface area contributed by atoms with E-state index in [1.807, 2.05) is 4.90 Å². The molecular weight excluding hydrogens is 1240 g/mol. The first-order valence-corrected chi connectivity index (χ1v) is 31.6. The van der Waals surface area contributed by atoms with Crippen LogP contribution in [0.2, 0.25) is 15.1 Å². The van der Waals surface area contributed by atoms with Crippen molar-refractivity contribution in [2.75, 3.05) is 58.9 Å². The van der Waals surface area contributed by atoms with E-state index in [9.17, 15) is 43.2 Å². The highest BCUT2D eigenvalue weighted by molar-refractivity contribution is 6.32. The molecule has 3 atom stereocenters. The van der Waals surface area contributed by atoms with Crippen LogP contribution in [0.3, 0.4) is 0 Å². The number of rotatable bonds is 36. The first kappa shape index (κ1) is 77.8. The Hall–Kier alpha value is -7.48. The van der Waals surface area contributed by atoms with Crippen LogP contribution in [0.15, 0.2) is 72.8 Å². The standard InChI is InChI=1S/C63H93Cl3N10O15/c1-61(2,3)89-58(83)73-49(28-16-19-31-70-55(80)86-40-43-22-10-13-25-46(43)64)52(77)67-34-37-76(38-35-68-53(78)50(74-59(84)90-62(4,5)6)29-17-20-32-71-56(81)87-41-44-23-11-14-26-47(44)65)39-36-69-54(79)51(75-60(85)91-63(7,8)9)30-18-21-33-72-57(82)88-42-45-24-12-15-27-48(45)66/h10-15,22-27,49-51H,16-21,28-42H2,1-9H3,(H,67,77)(H,68,78)(H,69,79)(H,70,80)(H,71,81)(H,72,82)(H,73,83)(H,74,84)(H,75,85)/t49-,50-,51-/m0/s1. The maximum atomic E-state index is 13.9. The second kappa shape index (κ2) is 41.1. The number of halogens is 3. The molecule has 3 rings (SSSR count). The summed E-state index contributed by atoms with van der Waals surface area (Å²) in [5.74, 6) is -1.58. The molecule has 0 unspecified atom stereocenters. The number of nitrogens with one attached hydrogen (secondary N) is 9. The summed E-state index contributed by atoms with van der Waals surface area (Å²) in [7, 11) is 0. The average Bonchev–Trinajstić information content (AvgIpc) is 2.61. The molecule has 0 bridgehead atoms. The van der Waals surface area contributed by atoms with Gasteiger partial charge < -0.3 is 76.3 Å². The van der Waals surface area contributed by atoms with Crippen LogP contribution in [0.1, 0.15) is 137 Å². The molecule has 3 aromatic carbocycles. The van der Waals surface area contributed by atoms with Gasteiger partial charge in [0.25, 0.3) is 0 Å². The summed E-state index contributed by atoms with van der Waals surface area (Å²) in [6, 6.07) is 17.8. The van der Waals surface area contributed by atoms with Crippen LogP contribution in [0, 0.1) is 0 Å². The fourth-order valence-corrected chi connectivity index (χ4v) is 8.86. The number of ether oxygens (including phenoxy) is 6. The third kappa shape index (κ3) is 36.2.